The molecule has 3 heterocycles. The van der Waals surface area contributed by atoms with Crippen molar-refractivity contribution in [3.05, 3.63) is 84.2 Å². The normalized spacial score (nSPS) is 12.8. The molecule has 5 heteroatoms. The second-order valence-corrected chi connectivity index (χ2v) is 5.97. The summed E-state index contributed by atoms with van der Waals surface area (Å²) in [6.07, 6.45) is 7.09. The molecule has 0 amide bonds. The first kappa shape index (κ1) is 21.8. The second kappa shape index (κ2) is 10.8. The largest absolute Gasteiger partial charge is 0.471 e. The first-order valence-electron chi connectivity index (χ1n) is 8.81. The van der Waals surface area contributed by atoms with Gasteiger partial charge in [0.15, 0.2) is 18.2 Å². The number of pyridine rings is 1. The van der Waals surface area contributed by atoms with E-state index in [2.05, 4.69) is 28.5 Å². The Labute approximate surface area is 173 Å². The third-order valence-electron chi connectivity index (χ3n) is 4.19. The quantitative estimate of drug-likeness (QED) is 0.525. The van der Waals surface area contributed by atoms with Gasteiger partial charge in [0.1, 0.15) is 5.75 Å². The number of nitrogens with one attached hydrogen (secondary N) is 1. The molecular formula is C24H28N2O3. The van der Waals surface area contributed by atoms with Crippen LogP contribution in [-0.2, 0) is 6.42 Å². The minimum atomic E-state index is 0. The summed E-state index contributed by atoms with van der Waals surface area (Å²) in [6, 6.07) is 19.6. The number of hydrogen-bond acceptors (Lipinski definition) is 5. The Hall–Kier alpha value is -3.47. The highest BCUT2D eigenvalue weighted by atomic mass is 16.7. The maximum atomic E-state index is 5.19. The molecule has 0 unspecified atom stereocenters. The van der Waals surface area contributed by atoms with E-state index in [0.717, 1.165) is 35.1 Å². The van der Waals surface area contributed by atoms with Gasteiger partial charge in [-0.15, -0.1) is 0 Å². The Bertz CT molecular complexity index is 834. The van der Waals surface area contributed by atoms with Crippen LogP contribution in [0.5, 0.6) is 17.2 Å². The van der Waals surface area contributed by atoms with Crippen LogP contribution < -0.4 is 19.5 Å². The smallest absolute Gasteiger partial charge is 0.231 e. The zero-order chi connectivity index (χ0) is 18.3. The zero-order valence-corrected chi connectivity index (χ0v) is 14.8. The van der Waals surface area contributed by atoms with Gasteiger partial charge in [0.2, 0.25) is 6.79 Å². The van der Waals surface area contributed by atoms with Crippen molar-refractivity contribution >= 4 is 11.8 Å². The van der Waals surface area contributed by atoms with Gasteiger partial charge in [-0.25, -0.2) is 0 Å². The van der Waals surface area contributed by atoms with Crippen molar-refractivity contribution in [2.75, 3.05) is 18.8 Å². The molecule has 0 fully saturated rings. The fourth-order valence-electron chi connectivity index (χ4n) is 2.85. The predicted octanol–water partition coefficient (Wildman–Crippen LogP) is 5.79. The molecule has 0 saturated heterocycles. The van der Waals surface area contributed by atoms with Crippen molar-refractivity contribution < 1.29 is 14.2 Å². The first-order valence-corrected chi connectivity index (χ1v) is 8.81. The van der Waals surface area contributed by atoms with E-state index in [1.165, 1.54) is 5.56 Å². The van der Waals surface area contributed by atoms with Crippen LogP contribution in [0, 0.1) is 0 Å². The van der Waals surface area contributed by atoms with Gasteiger partial charge in [-0.05, 0) is 48.4 Å². The Morgan fingerprint density at radius 1 is 0.759 bits per heavy atom. The van der Waals surface area contributed by atoms with Gasteiger partial charge >= 0.3 is 0 Å². The lowest BCUT2D eigenvalue weighted by molar-refractivity contribution is 0.174. The molecule has 1 N–H and O–H groups in total. The number of rotatable bonds is 0. The lowest BCUT2D eigenvalue weighted by atomic mass is 10.2. The van der Waals surface area contributed by atoms with E-state index >= 15 is 0 Å². The van der Waals surface area contributed by atoms with E-state index in [1.807, 2.05) is 60.8 Å². The molecule has 0 spiro atoms. The van der Waals surface area contributed by atoms with Crippen molar-refractivity contribution in [2.45, 2.75) is 21.3 Å². The fraction of sp³-hybridized carbons (Fsp3) is 0.208. The highest BCUT2D eigenvalue weighted by molar-refractivity contribution is 5.58. The minimum absolute atomic E-state index is 0. The van der Waals surface area contributed by atoms with Gasteiger partial charge in [0.25, 0.3) is 0 Å². The van der Waals surface area contributed by atoms with Crippen molar-refractivity contribution in [3.63, 3.8) is 0 Å². The Kier molecular flexibility index (Phi) is 8.10. The van der Waals surface area contributed by atoms with Gasteiger partial charge in [-0.2, -0.15) is 0 Å². The molecule has 29 heavy (non-hydrogen) atoms. The molecule has 0 bridgehead atoms. The average molecular weight is 392 g/mol. The molecular weight excluding hydrogens is 364 g/mol. The van der Waals surface area contributed by atoms with E-state index in [0.29, 0.717) is 13.5 Å². The van der Waals surface area contributed by atoms with Crippen molar-refractivity contribution in [3.8, 4) is 17.2 Å². The van der Waals surface area contributed by atoms with Gasteiger partial charge in [0.05, 0.1) is 11.4 Å². The van der Waals surface area contributed by atoms with E-state index in [9.17, 15) is 0 Å². The summed E-state index contributed by atoms with van der Waals surface area (Å²) in [4.78, 5) is 4.17. The summed E-state index contributed by atoms with van der Waals surface area (Å²) in [5.74, 6) is 2.65. The van der Waals surface area contributed by atoms with Crippen LogP contribution >= 0.6 is 0 Å². The maximum absolute atomic E-state index is 5.19. The molecule has 2 aromatic carbocycles. The molecule has 1 aliphatic carbocycles. The Morgan fingerprint density at radius 3 is 2.14 bits per heavy atom. The molecule has 0 saturated carbocycles. The molecule has 1 aromatic heterocycles. The Balaban J connectivity index is 0.000000150. The van der Waals surface area contributed by atoms with Crippen molar-refractivity contribution in [1.29, 1.82) is 0 Å². The maximum Gasteiger partial charge on any atom is 0.231 e. The number of allylic oxidation sites excluding steroid dienone is 1. The van der Waals surface area contributed by atoms with Crippen LogP contribution in [0.3, 0.4) is 0 Å². The summed E-state index contributed by atoms with van der Waals surface area (Å²) in [5, 5.41) is 3.08. The van der Waals surface area contributed by atoms with E-state index < -0.39 is 0 Å². The van der Waals surface area contributed by atoms with E-state index in [-0.39, 0.29) is 14.9 Å². The van der Waals surface area contributed by atoms with Crippen molar-refractivity contribution in [2.24, 2.45) is 0 Å². The van der Waals surface area contributed by atoms with Gasteiger partial charge in [0, 0.05) is 6.20 Å². The summed E-state index contributed by atoms with van der Waals surface area (Å²) >= 11 is 0. The number of fused-ring (bicyclic) bond motifs is 3. The zero-order valence-electron chi connectivity index (χ0n) is 14.8. The molecule has 2 aliphatic heterocycles. The second-order valence-electron chi connectivity index (χ2n) is 5.97. The topological polar surface area (TPSA) is 52.6 Å². The Morgan fingerprint density at radius 2 is 1.45 bits per heavy atom. The first-order chi connectivity index (χ1) is 13.4. The lowest BCUT2D eigenvalue weighted by Crippen LogP contribution is -1.96. The molecule has 3 aliphatic rings. The predicted molar refractivity (Wildman–Crippen MR) is 119 cm³/mol. The molecule has 3 aromatic rings. The molecule has 152 valence electrons. The third-order valence-corrected chi connectivity index (χ3v) is 4.19. The molecule has 0 radical (unpaired) electrons. The number of hydrogen-bond donors (Lipinski definition) is 1. The van der Waals surface area contributed by atoms with E-state index in [4.69, 9.17) is 14.2 Å². The highest BCUT2D eigenvalue weighted by Gasteiger charge is 2.09. The van der Waals surface area contributed by atoms with E-state index in [1.54, 1.807) is 0 Å². The van der Waals surface area contributed by atoms with Crippen LogP contribution in [0.25, 0.3) is 6.08 Å². The van der Waals surface area contributed by atoms with Gasteiger partial charge in [-0.1, -0.05) is 51.3 Å². The monoisotopic (exact) mass is 392 g/mol. The summed E-state index contributed by atoms with van der Waals surface area (Å²) in [6.45, 7) is 0.971. The number of nitrogens with zero attached hydrogens (tertiary/aromatic N) is 1. The molecule has 5 nitrogen and oxygen atoms in total. The minimum Gasteiger partial charge on any atom is -0.471 e. The number of para-hydroxylation sites is 4. The molecule has 0 atom stereocenters. The fourth-order valence-corrected chi connectivity index (χ4v) is 2.85. The lowest BCUT2D eigenvalue weighted by Gasteiger charge is -1.92. The van der Waals surface area contributed by atoms with Crippen LogP contribution in [0.1, 0.15) is 26.1 Å². The van der Waals surface area contributed by atoms with Crippen LogP contribution in [0.2, 0.25) is 0 Å². The average Bonchev–Trinajstić information content (AvgIpc) is 3.48. The standard InChI is InChI=1S/C8H7N.C7H7NO.C7H6O2.2CH4/c1-3-7-4-2-6-9-8(7)5-1;2*1-2-4-7-6(3-1)8-5-9-7;;/h1-2,4-6H,3H2;1-4,8H,5H2;1-4H,5H2;2*1H4. The van der Waals surface area contributed by atoms with Gasteiger partial charge in [-0.3, -0.25) is 4.98 Å². The number of benzene rings is 2. The summed E-state index contributed by atoms with van der Waals surface area (Å²) in [7, 11) is 0. The highest BCUT2D eigenvalue weighted by Crippen LogP contribution is 2.30. The van der Waals surface area contributed by atoms with Crippen LogP contribution in [0.4, 0.5) is 5.69 Å². The SMILES string of the molecule is C.C.C1=Cc2ncccc2C1.c1ccc2c(c1)NCO2.c1ccc2c(c1)OCO2. The van der Waals surface area contributed by atoms with Crippen molar-refractivity contribution in [1.82, 2.24) is 4.98 Å². The number of anilines is 1. The number of ether oxygens (including phenoxy) is 3. The van der Waals surface area contributed by atoms with Crippen LogP contribution in [0.15, 0.2) is 72.9 Å². The van der Waals surface area contributed by atoms with Crippen LogP contribution in [-0.4, -0.2) is 18.5 Å². The third kappa shape index (κ3) is 5.51. The van der Waals surface area contributed by atoms with Gasteiger partial charge < -0.3 is 19.5 Å². The summed E-state index contributed by atoms with van der Waals surface area (Å²) < 4.78 is 15.3. The molecule has 6 rings (SSSR count). The summed E-state index contributed by atoms with van der Waals surface area (Å²) in [5.41, 5.74) is 3.58. The number of aromatic nitrogens is 1.